The van der Waals surface area contributed by atoms with Gasteiger partial charge in [-0.15, -0.1) is 0 Å². The van der Waals surface area contributed by atoms with E-state index >= 15 is 0 Å². The molecule has 0 aromatic heterocycles. The van der Waals surface area contributed by atoms with Crippen LogP contribution in [0.2, 0.25) is 0 Å². The normalized spacial score (nSPS) is 11.2. The van der Waals surface area contributed by atoms with Crippen molar-refractivity contribution in [2.75, 3.05) is 20.8 Å². The van der Waals surface area contributed by atoms with Crippen LogP contribution in [0.25, 0.3) is 0 Å². The smallest absolute Gasteiger partial charge is 0.165 e. The van der Waals surface area contributed by atoms with Gasteiger partial charge in [0.15, 0.2) is 11.5 Å². The van der Waals surface area contributed by atoms with Crippen LogP contribution in [0.4, 0.5) is 0 Å². The first-order valence-corrected chi connectivity index (χ1v) is 8.71. The number of para-hydroxylation sites is 1. The van der Waals surface area contributed by atoms with E-state index in [0.29, 0.717) is 17.9 Å². The molecule has 0 amide bonds. The number of aliphatic hydroxyl groups excluding tert-OH is 1. The lowest BCUT2D eigenvalue weighted by Crippen LogP contribution is -2.31. The molecule has 0 fully saturated rings. The van der Waals surface area contributed by atoms with E-state index in [2.05, 4.69) is 30.3 Å². The highest BCUT2D eigenvalue weighted by Gasteiger charge is 2.38. The predicted octanol–water partition coefficient (Wildman–Crippen LogP) is 4.42. The summed E-state index contributed by atoms with van der Waals surface area (Å²) in [4.78, 5) is 0. The zero-order valence-corrected chi connectivity index (χ0v) is 15.2. The molecule has 3 aromatic carbocycles. The number of hydrogen-bond acceptors (Lipinski definition) is 3. The molecule has 3 rings (SSSR count). The van der Waals surface area contributed by atoms with E-state index in [9.17, 15) is 5.11 Å². The fraction of sp³-hybridized carbons (Fsp3) is 0.217. The quantitative estimate of drug-likeness (QED) is 0.642. The third-order valence-corrected chi connectivity index (χ3v) is 4.88. The Kier molecular flexibility index (Phi) is 5.59. The average molecular weight is 348 g/mol. The van der Waals surface area contributed by atoms with E-state index in [-0.39, 0.29) is 6.61 Å². The van der Waals surface area contributed by atoms with Gasteiger partial charge < -0.3 is 14.6 Å². The van der Waals surface area contributed by atoms with Crippen LogP contribution in [-0.4, -0.2) is 25.9 Å². The summed E-state index contributed by atoms with van der Waals surface area (Å²) < 4.78 is 11.3. The highest BCUT2D eigenvalue weighted by Crippen LogP contribution is 2.48. The summed E-state index contributed by atoms with van der Waals surface area (Å²) in [7, 11) is 3.29. The van der Waals surface area contributed by atoms with Crippen molar-refractivity contribution >= 4 is 0 Å². The second kappa shape index (κ2) is 8.07. The van der Waals surface area contributed by atoms with Crippen LogP contribution in [0.1, 0.15) is 23.1 Å². The Hall–Kier alpha value is -2.78. The van der Waals surface area contributed by atoms with E-state index in [0.717, 1.165) is 16.7 Å². The third kappa shape index (κ3) is 3.06. The fourth-order valence-electron chi connectivity index (χ4n) is 3.74. The molecule has 0 atom stereocenters. The number of aliphatic hydroxyl groups is 1. The first kappa shape index (κ1) is 18.0. The summed E-state index contributed by atoms with van der Waals surface area (Å²) >= 11 is 0. The largest absolute Gasteiger partial charge is 0.493 e. The van der Waals surface area contributed by atoms with Gasteiger partial charge in [0.05, 0.1) is 19.6 Å². The Morgan fingerprint density at radius 2 is 1.31 bits per heavy atom. The van der Waals surface area contributed by atoms with Crippen LogP contribution in [0.3, 0.4) is 0 Å². The number of ether oxygens (including phenoxy) is 2. The van der Waals surface area contributed by atoms with E-state index in [1.807, 2.05) is 48.5 Å². The second-order valence-electron chi connectivity index (χ2n) is 6.15. The van der Waals surface area contributed by atoms with Gasteiger partial charge in [-0.1, -0.05) is 72.8 Å². The van der Waals surface area contributed by atoms with Crippen LogP contribution in [0, 0.1) is 0 Å². The van der Waals surface area contributed by atoms with Crippen molar-refractivity contribution in [1.29, 1.82) is 0 Å². The molecule has 1 N–H and O–H groups in total. The van der Waals surface area contributed by atoms with Gasteiger partial charge in [-0.05, 0) is 23.6 Å². The molecule has 0 unspecified atom stereocenters. The monoisotopic (exact) mass is 348 g/mol. The van der Waals surface area contributed by atoms with E-state index < -0.39 is 5.41 Å². The zero-order valence-electron chi connectivity index (χ0n) is 15.2. The van der Waals surface area contributed by atoms with Crippen molar-refractivity contribution in [3.8, 4) is 11.5 Å². The number of benzene rings is 3. The highest BCUT2D eigenvalue weighted by molar-refractivity contribution is 5.59. The number of hydrogen-bond donors (Lipinski definition) is 1. The Morgan fingerprint density at radius 1 is 0.731 bits per heavy atom. The SMILES string of the molecule is COc1cccc(C(CCO)(c2ccccc2)c2ccccc2)c1OC. The first-order valence-electron chi connectivity index (χ1n) is 8.71. The maximum absolute atomic E-state index is 10.0. The Balaban J connectivity index is 2.39. The van der Waals surface area contributed by atoms with Gasteiger partial charge >= 0.3 is 0 Å². The van der Waals surface area contributed by atoms with Gasteiger partial charge in [-0.25, -0.2) is 0 Å². The molecule has 0 aliphatic rings. The maximum Gasteiger partial charge on any atom is 0.165 e. The van der Waals surface area contributed by atoms with Gasteiger partial charge in [-0.2, -0.15) is 0 Å². The second-order valence-corrected chi connectivity index (χ2v) is 6.15. The number of rotatable bonds is 7. The lowest BCUT2D eigenvalue weighted by atomic mass is 9.67. The lowest BCUT2D eigenvalue weighted by molar-refractivity contribution is 0.262. The van der Waals surface area contributed by atoms with E-state index in [4.69, 9.17) is 9.47 Å². The lowest BCUT2D eigenvalue weighted by Gasteiger charge is -2.36. The number of methoxy groups -OCH3 is 2. The van der Waals surface area contributed by atoms with Crippen LogP contribution >= 0.6 is 0 Å². The summed E-state index contributed by atoms with van der Waals surface area (Å²) in [6, 6.07) is 26.4. The zero-order chi connectivity index (χ0) is 18.4. The average Bonchev–Trinajstić information content (AvgIpc) is 2.72. The van der Waals surface area contributed by atoms with Crippen molar-refractivity contribution < 1.29 is 14.6 Å². The molecule has 0 aliphatic heterocycles. The Labute approximate surface area is 154 Å². The van der Waals surface area contributed by atoms with Gasteiger partial charge in [-0.3, -0.25) is 0 Å². The molecule has 0 bridgehead atoms. The van der Waals surface area contributed by atoms with Gasteiger partial charge in [0.1, 0.15) is 0 Å². The minimum Gasteiger partial charge on any atom is -0.493 e. The van der Waals surface area contributed by atoms with Crippen LogP contribution in [-0.2, 0) is 5.41 Å². The maximum atomic E-state index is 10.0. The molecule has 0 spiro atoms. The molecular weight excluding hydrogens is 324 g/mol. The minimum atomic E-state index is -0.544. The van der Waals surface area contributed by atoms with Crippen molar-refractivity contribution in [2.45, 2.75) is 11.8 Å². The summed E-state index contributed by atoms with van der Waals surface area (Å²) in [5.74, 6) is 1.37. The molecule has 0 saturated carbocycles. The molecule has 3 nitrogen and oxygen atoms in total. The Morgan fingerprint density at radius 3 is 1.77 bits per heavy atom. The molecule has 3 heteroatoms. The van der Waals surface area contributed by atoms with E-state index in [1.54, 1.807) is 14.2 Å². The van der Waals surface area contributed by atoms with Gasteiger partial charge in [0.25, 0.3) is 0 Å². The van der Waals surface area contributed by atoms with E-state index in [1.165, 1.54) is 0 Å². The predicted molar refractivity (Wildman–Crippen MR) is 104 cm³/mol. The molecule has 0 heterocycles. The standard InChI is InChI=1S/C23H24O3/c1-25-21-15-9-14-20(22(21)26-2)23(16-17-24,18-10-5-3-6-11-18)19-12-7-4-8-13-19/h3-15,24H,16-17H2,1-2H3. The van der Waals surface area contributed by atoms with Crippen molar-refractivity contribution in [2.24, 2.45) is 0 Å². The van der Waals surface area contributed by atoms with Crippen molar-refractivity contribution in [3.05, 3.63) is 95.6 Å². The van der Waals surface area contributed by atoms with Crippen molar-refractivity contribution in [1.82, 2.24) is 0 Å². The molecule has 134 valence electrons. The summed E-state index contributed by atoms with van der Waals surface area (Å²) in [6.07, 6.45) is 0.532. The molecule has 0 aliphatic carbocycles. The van der Waals surface area contributed by atoms with Crippen LogP contribution in [0.5, 0.6) is 11.5 Å². The van der Waals surface area contributed by atoms with Crippen molar-refractivity contribution in [3.63, 3.8) is 0 Å². The summed E-state index contributed by atoms with van der Waals surface area (Å²) in [6.45, 7) is 0.0458. The third-order valence-electron chi connectivity index (χ3n) is 4.88. The first-order chi connectivity index (χ1) is 12.8. The molecule has 26 heavy (non-hydrogen) atoms. The molecule has 0 radical (unpaired) electrons. The molecule has 0 saturated heterocycles. The van der Waals surface area contributed by atoms with Crippen LogP contribution in [0.15, 0.2) is 78.9 Å². The summed E-state index contributed by atoms with van der Waals surface area (Å²) in [5.41, 5.74) is 2.64. The Bertz CT molecular complexity index is 789. The van der Waals surface area contributed by atoms with Gasteiger partial charge in [0, 0.05) is 12.2 Å². The summed E-state index contributed by atoms with van der Waals surface area (Å²) in [5, 5.41) is 10.0. The van der Waals surface area contributed by atoms with Crippen LogP contribution < -0.4 is 9.47 Å². The molecular formula is C23H24O3. The molecule has 3 aromatic rings. The highest BCUT2D eigenvalue weighted by atomic mass is 16.5. The van der Waals surface area contributed by atoms with Gasteiger partial charge in [0.2, 0.25) is 0 Å². The topological polar surface area (TPSA) is 38.7 Å². The minimum absolute atomic E-state index is 0.0458. The fourth-order valence-corrected chi connectivity index (χ4v) is 3.74.